The topological polar surface area (TPSA) is 50.2 Å². The fourth-order valence-corrected chi connectivity index (χ4v) is 1.65. The molecule has 0 atom stereocenters. The Morgan fingerprint density at radius 1 is 1.25 bits per heavy atom. The van der Waals surface area contributed by atoms with Crippen molar-refractivity contribution in [2.45, 2.75) is 6.92 Å². The highest BCUT2D eigenvalue weighted by Gasteiger charge is 2.08. The van der Waals surface area contributed by atoms with Gasteiger partial charge >= 0.3 is 0 Å². The van der Waals surface area contributed by atoms with E-state index in [0.717, 1.165) is 17.5 Å². The zero-order valence-electron chi connectivity index (χ0n) is 8.84. The number of benzene rings is 1. The van der Waals surface area contributed by atoms with Gasteiger partial charge < -0.3 is 5.11 Å². The Kier molecular flexibility index (Phi) is 2.68. The molecule has 0 bridgehead atoms. The SMILES string of the molecule is Cc1ncccc1-c1cc(O)ccc1C=O. The zero-order chi connectivity index (χ0) is 11.5. The van der Waals surface area contributed by atoms with Gasteiger partial charge in [0.15, 0.2) is 6.29 Å². The van der Waals surface area contributed by atoms with E-state index in [9.17, 15) is 9.90 Å². The maximum absolute atomic E-state index is 10.9. The number of aromatic nitrogens is 1. The Morgan fingerprint density at radius 3 is 2.75 bits per heavy atom. The molecule has 1 aromatic carbocycles. The summed E-state index contributed by atoms with van der Waals surface area (Å²) in [4.78, 5) is 15.1. The maximum Gasteiger partial charge on any atom is 0.150 e. The minimum Gasteiger partial charge on any atom is -0.508 e. The van der Waals surface area contributed by atoms with Crippen molar-refractivity contribution < 1.29 is 9.90 Å². The molecule has 0 spiro atoms. The number of hydrogen-bond acceptors (Lipinski definition) is 3. The number of nitrogens with zero attached hydrogens (tertiary/aromatic N) is 1. The number of carbonyl (C=O) groups excluding carboxylic acids is 1. The van der Waals surface area contributed by atoms with Gasteiger partial charge in [0.05, 0.1) is 0 Å². The van der Waals surface area contributed by atoms with Crippen LogP contribution in [0.5, 0.6) is 5.75 Å². The highest BCUT2D eigenvalue weighted by atomic mass is 16.3. The summed E-state index contributed by atoms with van der Waals surface area (Å²) in [6.07, 6.45) is 2.48. The number of phenols is 1. The van der Waals surface area contributed by atoms with E-state index >= 15 is 0 Å². The maximum atomic E-state index is 10.9. The van der Waals surface area contributed by atoms with Crippen LogP contribution in [0.2, 0.25) is 0 Å². The van der Waals surface area contributed by atoms with E-state index in [1.54, 1.807) is 24.4 Å². The van der Waals surface area contributed by atoms with E-state index in [1.165, 1.54) is 6.07 Å². The minimum absolute atomic E-state index is 0.142. The molecule has 0 unspecified atom stereocenters. The lowest BCUT2D eigenvalue weighted by atomic mass is 9.99. The van der Waals surface area contributed by atoms with Crippen molar-refractivity contribution in [2.24, 2.45) is 0 Å². The molecule has 3 nitrogen and oxygen atoms in total. The van der Waals surface area contributed by atoms with Gasteiger partial charge in [-0.05, 0) is 36.8 Å². The van der Waals surface area contributed by atoms with E-state index in [4.69, 9.17) is 0 Å². The largest absolute Gasteiger partial charge is 0.508 e. The first-order chi connectivity index (χ1) is 7.72. The zero-order valence-corrected chi connectivity index (χ0v) is 8.84. The van der Waals surface area contributed by atoms with Gasteiger partial charge in [0.25, 0.3) is 0 Å². The van der Waals surface area contributed by atoms with Crippen LogP contribution in [0.15, 0.2) is 36.5 Å². The molecule has 0 saturated heterocycles. The first-order valence-electron chi connectivity index (χ1n) is 4.92. The van der Waals surface area contributed by atoms with Crippen molar-refractivity contribution in [1.82, 2.24) is 4.98 Å². The van der Waals surface area contributed by atoms with Crippen molar-refractivity contribution in [3.63, 3.8) is 0 Å². The lowest BCUT2D eigenvalue weighted by Gasteiger charge is -2.07. The number of hydrogen-bond donors (Lipinski definition) is 1. The molecule has 0 aliphatic carbocycles. The van der Waals surface area contributed by atoms with Crippen LogP contribution in [0, 0.1) is 6.92 Å². The van der Waals surface area contributed by atoms with Gasteiger partial charge in [0, 0.05) is 23.0 Å². The Hall–Kier alpha value is -2.16. The molecule has 80 valence electrons. The predicted octanol–water partition coefficient (Wildman–Crippen LogP) is 2.58. The van der Waals surface area contributed by atoms with Crippen molar-refractivity contribution in [3.05, 3.63) is 47.8 Å². The second kappa shape index (κ2) is 4.14. The van der Waals surface area contributed by atoms with Gasteiger partial charge in [0.1, 0.15) is 5.75 Å². The molecule has 0 aliphatic rings. The van der Waals surface area contributed by atoms with Crippen molar-refractivity contribution >= 4 is 6.29 Å². The summed E-state index contributed by atoms with van der Waals surface area (Å²) >= 11 is 0. The van der Waals surface area contributed by atoms with E-state index in [0.29, 0.717) is 11.1 Å². The Bertz CT molecular complexity index is 535. The second-order valence-corrected chi connectivity index (χ2v) is 3.53. The molecule has 0 saturated carbocycles. The van der Waals surface area contributed by atoms with Crippen LogP contribution in [-0.2, 0) is 0 Å². The molecule has 2 rings (SSSR count). The first-order valence-corrected chi connectivity index (χ1v) is 4.92. The summed E-state index contributed by atoms with van der Waals surface area (Å²) in [7, 11) is 0. The summed E-state index contributed by atoms with van der Waals surface area (Å²) in [5.41, 5.74) is 2.95. The molecule has 1 heterocycles. The Balaban J connectivity index is 2.67. The highest BCUT2D eigenvalue weighted by Crippen LogP contribution is 2.28. The average molecular weight is 213 g/mol. The molecule has 0 fully saturated rings. The number of pyridine rings is 1. The van der Waals surface area contributed by atoms with Crippen LogP contribution in [0.3, 0.4) is 0 Å². The summed E-state index contributed by atoms with van der Waals surface area (Å²) < 4.78 is 0. The third kappa shape index (κ3) is 1.80. The van der Waals surface area contributed by atoms with E-state index in [2.05, 4.69) is 4.98 Å². The second-order valence-electron chi connectivity index (χ2n) is 3.53. The van der Waals surface area contributed by atoms with Crippen molar-refractivity contribution in [3.8, 4) is 16.9 Å². The van der Waals surface area contributed by atoms with Crippen LogP contribution in [0.25, 0.3) is 11.1 Å². The average Bonchev–Trinajstić information content (AvgIpc) is 2.29. The third-order valence-corrected chi connectivity index (χ3v) is 2.46. The first kappa shape index (κ1) is 10.4. The molecule has 0 amide bonds. The number of rotatable bonds is 2. The fraction of sp³-hybridized carbons (Fsp3) is 0.0769. The van der Waals surface area contributed by atoms with Gasteiger partial charge in [0.2, 0.25) is 0 Å². The monoisotopic (exact) mass is 213 g/mol. The van der Waals surface area contributed by atoms with Crippen LogP contribution in [0.4, 0.5) is 0 Å². The normalized spacial score (nSPS) is 10.1. The Morgan fingerprint density at radius 2 is 2.06 bits per heavy atom. The number of carbonyl (C=O) groups is 1. The van der Waals surface area contributed by atoms with Crippen LogP contribution < -0.4 is 0 Å². The van der Waals surface area contributed by atoms with E-state index < -0.39 is 0 Å². The lowest BCUT2D eigenvalue weighted by molar-refractivity contribution is 0.112. The summed E-state index contributed by atoms with van der Waals surface area (Å²) in [5.74, 6) is 0.142. The van der Waals surface area contributed by atoms with Gasteiger partial charge in [-0.2, -0.15) is 0 Å². The van der Waals surface area contributed by atoms with Gasteiger partial charge in [-0.3, -0.25) is 9.78 Å². The van der Waals surface area contributed by atoms with Crippen LogP contribution >= 0.6 is 0 Å². The van der Waals surface area contributed by atoms with Crippen molar-refractivity contribution in [2.75, 3.05) is 0 Å². The third-order valence-electron chi connectivity index (χ3n) is 2.46. The van der Waals surface area contributed by atoms with E-state index in [1.807, 2.05) is 13.0 Å². The number of aromatic hydroxyl groups is 1. The molecule has 2 aromatic rings. The van der Waals surface area contributed by atoms with Crippen LogP contribution in [-0.4, -0.2) is 16.4 Å². The van der Waals surface area contributed by atoms with Gasteiger partial charge in [-0.1, -0.05) is 6.07 Å². The lowest BCUT2D eigenvalue weighted by Crippen LogP contribution is -1.91. The molecule has 3 heteroatoms. The molecule has 0 radical (unpaired) electrons. The molecular weight excluding hydrogens is 202 g/mol. The summed E-state index contributed by atoms with van der Waals surface area (Å²) in [5, 5.41) is 9.45. The smallest absolute Gasteiger partial charge is 0.150 e. The number of aryl methyl sites for hydroxylation is 1. The molecular formula is C13H11NO2. The molecule has 1 N–H and O–H groups in total. The minimum atomic E-state index is 0.142. The number of aldehydes is 1. The standard InChI is InChI=1S/C13H11NO2/c1-9-12(3-2-6-14-9)13-7-11(16)5-4-10(13)8-15/h2-8,16H,1H3. The quantitative estimate of drug-likeness (QED) is 0.780. The Labute approximate surface area is 93.4 Å². The molecule has 16 heavy (non-hydrogen) atoms. The summed E-state index contributed by atoms with van der Waals surface area (Å²) in [6.45, 7) is 1.87. The van der Waals surface area contributed by atoms with E-state index in [-0.39, 0.29) is 5.75 Å². The van der Waals surface area contributed by atoms with Crippen LogP contribution in [0.1, 0.15) is 16.1 Å². The molecule has 0 aliphatic heterocycles. The predicted molar refractivity (Wildman–Crippen MR) is 61.5 cm³/mol. The van der Waals surface area contributed by atoms with Crippen molar-refractivity contribution in [1.29, 1.82) is 0 Å². The number of phenolic OH excluding ortho intramolecular Hbond substituents is 1. The molecule has 1 aromatic heterocycles. The fourth-order valence-electron chi connectivity index (χ4n) is 1.65. The van der Waals surface area contributed by atoms with Gasteiger partial charge in [-0.25, -0.2) is 0 Å². The summed E-state index contributed by atoms with van der Waals surface area (Å²) in [6, 6.07) is 8.36. The highest BCUT2D eigenvalue weighted by molar-refractivity contribution is 5.88. The van der Waals surface area contributed by atoms with Gasteiger partial charge in [-0.15, -0.1) is 0 Å².